The average molecular weight is 624 g/mol. The molecule has 3 aromatic rings. The second-order valence-electron chi connectivity index (χ2n) is 9.99. The summed E-state index contributed by atoms with van der Waals surface area (Å²) in [7, 11) is -4.58. The van der Waals surface area contributed by atoms with E-state index in [0.29, 0.717) is 22.4 Å². The van der Waals surface area contributed by atoms with Crippen LogP contribution in [0.4, 0.5) is 18.9 Å². The third kappa shape index (κ3) is 8.04. The maximum atomic E-state index is 13.9. The SMILES string of the molecule is CC[C@@H](C)NC(=O)[C@@H](C)N(Cc1ccc(C)cc1)C(=O)CN(c1cc(C(F)(F)F)ccc1Cl)S(=O)(=O)c1ccccc1. The molecule has 0 unspecified atom stereocenters. The minimum atomic E-state index is -4.80. The highest BCUT2D eigenvalue weighted by molar-refractivity contribution is 7.92. The van der Waals surface area contributed by atoms with Gasteiger partial charge in [-0.2, -0.15) is 13.2 Å². The van der Waals surface area contributed by atoms with Crippen molar-refractivity contribution < 1.29 is 31.2 Å². The van der Waals surface area contributed by atoms with E-state index in [2.05, 4.69) is 5.32 Å². The van der Waals surface area contributed by atoms with Gasteiger partial charge in [-0.15, -0.1) is 0 Å². The van der Waals surface area contributed by atoms with Gasteiger partial charge in [0.25, 0.3) is 10.0 Å². The van der Waals surface area contributed by atoms with Crippen LogP contribution in [-0.4, -0.2) is 43.8 Å². The lowest BCUT2D eigenvalue weighted by molar-refractivity contribution is -0.139. The first-order valence-electron chi connectivity index (χ1n) is 13.2. The van der Waals surface area contributed by atoms with E-state index in [0.717, 1.165) is 17.7 Å². The van der Waals surface area contributed by atoms with Crippen LogP contribution in [0.3, 0.4) is 0 Å². The summed E-state index contributed by atoms with van der Waals surface area (Å²) in [6.45, 7) is 6.13. The zero-order chi connectivity index (χ0) is 31.2. The molecular formula is C30H33ClF3N3O4S. The van der Waals surface area contributed by atoms with E-state index in [9.17, 15) is 31.2 Å². The van der Waals surface area contributed by atoms with Gasteiger partial charge >= 0.3 is 6.18 Å². The molecule has 0 saturated heterocycles. The maximum Gasteiger partial charge on any atom is 0.416 e. The number of anilines is 1. The number of amides is 2. The van der Waals surface area contributed by atoms with Gasteiger partial charge in [-0.25, -0.2) is 8.42 Å². The van der Waals surface area contributed by atoms with Crippen molar-refractivity contribution in [2.24, 2.45) is 0 Å². The summed E-state index contributed by atoms with van der Waals surface area (Å²) in [4.78, 5) is 28.0. The third-order valence-electron chi connectivity index (χ3n) is 6.79. The van der Waals surface area contributed by atoms with Crippen LogP contribution in [0.15, 0.2) is 77.7 Å². The van der Waals surface area contributed by atoms with Gasteiger partial charge in [0, 0.05) is 12.6 Å². The van der Waals surface area contributed by atoms with Crippen LogP contribution in [0.1, 0.15) is 43.9 Å². The van der Waals surface area contributed by atoms with Gasteiger partial charge in [-0.05, 0) is 63.1 Å². The zero-order valence-corrected chi connectivity index (χ0v) is 25.2. The van der Waals surface area contributed by atoms with E-state index in [4.69, 9.17) is 11.6 Å². The quantitative estimate of drug-likeness (QED) is 0.276. The van der Waals surface area contributed by atoms with Crippen LogP contribution >= 0.6 is 11.6 Å². The molecule has 0 aliphatic carbocycles. The van der Waals surface area contributed by atoms with Crippen molar-refractivity contribution in [3.8, 4) is 0 Å². The summed E-state index contributed by atoms with van der Waals surface area (Å²) in [6, 6.07) is 15.3. The number of hydrogen-bond donors (Lipinski definition) is 1. The van der Waals surface area contributed by atoms with E-state index in [1.54, 1.807) is 25.1 Å². The molecule has 0 aliphatic rings. The van der Waals surface area contributed by atoms with Gasteiger partial charge in [-0.1, -0.05) is 66.6 Å². The van der Waals surface area contributed by atoms with Gasteiger partial charge in [0.15, 0.2) is 0 Å². The van der Waals surface area contributed by atoms with Crippen molar-refractivity contribution in [2.75, 3.05) is 10.8 Å². The lowest BCUT2D eigenvalue weighted by atomic mass is 10.1. The Balaban J connectivity index is 2.11. The molecule has 0 radical (unpaired) electrons. The first-order valence-corrected chi connectivity index (χ1v) is 15.1. The molecule has 0 aliphatic heterocycles. The van der Waals surface area contributed by atoms with Crippen LogP contribution in [0, 0.1) is 6.92 Å². The summed E-state index contributed by atoms with van der Waals surface area (Å²) < 4.78 is 69.1. The highest BCUT2D eigenvalue weighted by Gasteiger charge is 2.36. The van der Waals surface area contributed by atoms with Crippen molar-refractivity contribution in [3.63, 3.8) is 0 Å². The minimum Gasteiger partial charge on any atom is -0.352 e. The highest BCUT2D eigenvalue weighted by Crippen LogP contribution is 2.37. The number of hydrogen-bond acceptors (Lipinski definition) is 4. The molecule has 3 rings (SSSR count). The molecule has 3 aromatic carbocycles. The molecule has 0 fully saturated rings. The summed E-state index contributed by atoms with van der Waals surface area (Å²) in [5, 5.41) is 2.52. The average Bonchev–Trinajstić information content (AvgIpc) is 2.95. The fraction of sp³-hybridized carbons (Fsp3) is 0.333. The van der Waals surface area contributed by atoms with E-state index in [-0.39, 0.29) is 22.5 Å². The largest absolute Gasteiger partial charge is 0.416 e. The zero-order valence-electron chi connectivity index (χ0n) is 23.7. The number of nitrogens with one attached hydrogen (secondary N) is 1. The van der Waals surface area contributed by atoms with Gasteiger partial charge < -0.3 is 10.2 Å². The van der Waals surface area contributed by atoms with Gasteiger partial charge in [-0.3, -0.25) is 13.9 Å². The smallest absolute Gasteiger partial charge is 0.352 e. The number of alkyl halides is 3. The summed E-state index contributed by atoms with van der Waals surface area (Å²) >= 11 is 6.27. The molecule has 0 saturated carbocycles. The first kappa shape index (κ1) is 32.9. The Kier molecular flexibility index (Phi) is 10.7. The Labute approximate surface area is 249 Å². The van der Waals surface area contributed by atoms with Crippen LogP contribution in [0.2, 0.25) is 5.02 Å². The van der Waals surface area contributed by atoms with Crippen LogP contribution in [0.25, 0.3) is 0 Å². The molecule has 0 bridgehead atoms. The van der Waals surface area contributed by atoms with E-state index < -0.39 is 51.9 Å². The molecule has 12 heteroatoms. The Bertz CT molecular complexity index is 1500. The summed E-state index contributed by atoms with van der Waals surface area (Å²) in [5.41, 5.74) is -0.0127. The predicted octanol–water partition coefficient (Wildman–Crippen LogP) is 6.19. The van der Waals surface area contributed by atoms with Crippen molar-refractivity contribution in [2.45, 2.75) is 63.8 Å². The molecule has 1 N–H and O–H groups in total. The summed E-state index contributed by atoms with van der Waals surface area (Å²) in [5.74, 6) is -1.27. The second-order valence-corrected chi connectivity index (χ2v) is 12.3. The third-order valence-corrected chi connectivity index (χ3v) is 8.89. The van der Waals surface area contributed by atoms with E-state index in [1.165, 1.54) is 36.1 Å². The van der Waals surface area contributed by atoms with Crippen LogP contribution in [0.5, 0.6) is 0 Å². The number of carbonyl (C=O) groups excluding carboxylic acids is 2. The van der Waals surface area contributed by atoms with Crippen molar-refractivity contribution in [1.82, 2.24) is 10.2 Å². The molecule has 42 heavy (non-hydrogen) atoms. The van der Waals surface area contributed by atoms with Gasteiger partial charge in [0.05, 0.1) is 21.2 Å². The topological polar surface area (TPSA) is 86.8 Å². The minimum absolute atomic E-state index is 0.0518. The number of sulfonamides is 1. The number of nitrogens with zero attached hydrogens (tertiary/aromatic N) is 2. The van der Waals surface area contributed by atoms with Gasteiger partial charge in [0.2, 0.25) is 11.8 Å². The Morgan fingerprint density at radius 2 is 1.60 bits per heavy atom. The monoisotopic (exact) mass is 623 g/mol. The Hall–Kier alpha value is -3.57. The molecule has 2 atom stereocenters. The standard InChI is InChI=1S/C30H33ClF3N3O4S/c1-5-21(3)35-29(39)22(4)36(18-23-13-11-20(2)12-14-23)28(38)19-37(42(40,41)25-9-7-6-8-10-25)27-17-24(30(32,33)34)15-16-26(27)31/h6-17,21-22H,5,18-19H2,1-4H3,(H,35,39)/t21-,22-/m1/s1. The Morgan fingerprint density at radius 1 is 0.976 bits per heavy atom. The number of halogens is 4. The highest BCUT2D eigenvalue weighted by atomic mass is 35.5. The lowest BCUT2D eigenvalue weighted by Crippen LogP contribution is -2.52. The molecule has 0 spiro atoms. The maximum absolute atomic E-state index is 13.9. The number of benzene rings is 3. The number of aryl methyl sites for hydroxylation is 1. The van der Waals surface area contributed by atoms with Crippen molar-refractivity contribution in [3.05, 3.63) is 94.5 Å². The van der Waals surface area contributed by atoms with Crippen LogP contribution in [-0.2, 0) is 32.3 Å². The first-order chi connectivity index (χ1) is 19.6. The fourth-order valence-electron chi connectivity index (χ4n) is 4.05. The molecule has 2 amide bonds. The number of rotatable bonds is 11. The summed E-state index contributed by atoms with van der Waals surface area (Å²) in [6.07, 6.45) is -4.16. The Morgan fingerprint density at radius 3 is 2.17 bits per heavy atom. The predicted molar refractivity (Wildman–Crippen MR) is 157 cm³/mol. The molecule has 0 heterocycles. The molecule has 226 valence electrons. The van der Waals surface area contributed by atoms with Crippen molar-refractivity contribution >= 4 is 39.1 Å². The second kappa shape index (κ2) is 13.6. The fourth-order valence-corrected chi connectivity index (χ4v) is 5.77. The van der Waals surface area contributed by atoms with Crippen molar-refractivity contribution in [1.29, 1.82) is 0 Å². The molecule has 7 nitrogen and oxygen atoms in total. The molecular weight excluding hydrogens is 591 g/mol. The van der Waals surface area contributed by atoms with Crippen LogP contribution < -0.4 is 9.62 Å². The molecule has 0 aromatic heterocycles. The van der Waals surface area contributed by atoms with E-state index in [1.807, 2.05) is 26.0 Å². The van der Waals surface area contributed by atoms with E-state index >= 15 is 0 Å². The normalized spacial score (nSPS) is 13.2. The lowest BCUT2D eigenvalue weighted by Gasteiger charge is -2.33. The number of carbonyl (C=O) groups is 2. The van der Waals surface area contributed by atoms with Gasteiger partial charge in [0.1, 0.15) is 12.6 Å².